The van der Waals surface area contributed by atoms with Crippen LogP contribution in [0.15, 0.2) is 78.9 Å². The Morgan fingerprint density at radius 2 is 1.50 bits per heavy atom. The van der Waals surface area contributed by atoms with Crippen LogP contribution in [0.4, 0.5) is 10.1 Å². The molecule has 7 heteroatoms. The average Bonchev–Trinajstić information content (AvgIpc) is 2.80. The van der Waals surface area contributed by atoms with Gasteiger partial charge in [-0.25, -0.2) is 4.39 Å². The maximum Gasteiger partial charge on any atom is 0.254 e. The van der Waals surface area contributed by atoms with E-state index in [1.54, 1.807) is 54.6 Å². The van der Waals surface area contributed by atoms with Gasteiger partial charge in [0.05, 0.1) is 6.54 Å². The van der Waals surface area contributed by atoms with E-state index in [1.165, 1.54) is 17.0 Å². The Labute approximate surface area is 186 Å². The maximum absolute atomic E-state index is 13.2. The highest BCUT2D eigenvalue weighted by atomic mass is 19.1. The third kappa shape index (κ3) is 6.77. The molecule has 0 unspecified atom stereocenters. The van der Waals surface area contributed by atoms with Crippen LogP contribution in [0.25, 0.3) is 0 Å². The van der Waals surface area contributed by atoms with Gasteiger partial charge < -0.3 is 15.5 Å². The van der Waals surface area contributed by atoms with Gasteiger partial charge in [-0.2, -0.15) is 0 Å². The van der Waals surface area contributed by atoms with Crippen LogP contribution in [0.5, 0.6) is 0 Å². The summed E-state index contributed by atoms with van der Waals surface area (Å²) in [6, 6.07) is 21.6. The molecule has 0 aliphatic carbocycles. The molecule has 164 valence electrons. The number of nitrogens with zero attached hydrogens (tertiary/aromatic N) is 1. The zero-order valence-corrected chi connectivity index (χ0v) is 17.7. The third-order valence-corrected chi connectivity index (χ3v) is 4.71. The van der Waals surface area contributed by atoms with Crippen molar-refractivity contribution in [1.82, 2.24) is 10.2 Å². The Balaban J connectivity index is 1.61. The van der Waals surface area contributed by atoms with E-state index in [9.17, 15) is 18.8 Å². The first kappa shape index (κ1) is 22.7. The molecule has 2 N–H and O–H groups in total. The average molecular weight is 433 g/mol. The van der Waals surface area contributed by atoms with Crippen LogP contribution in [0.3, 0.4) is 0 Å². The fourth-order valence-corrected chi connectivity index (χ4v) is 3.02. The van der Waals surface area contributed by atoms with Crippen LogP contribution in [0.2, 0.25) is 0 Å². The van der Waals surface area contributed by atoms with Crippen molar-refractivity contribution in [1.29, 1.82) is 0 Å². The van der Waals surface area contributed by atoms with E-state index in [-0.39, 0.29) is 37.3 Å². The molecule has 3 rings (SSSR count). The summed E-state index contributed by atoms with van der Waals surface area (Å²) in [5.74, 6) is -1.57. The highest BCUT2D eigenvalue weighted by molar-refractivity contribution is 5.98. The Hall–Kier alpha value is -4.00. The number of hydrogen-bond donors (Lipinski definition) is 2. The lowest BCUT2D eigenvalue weighted by Gasteiger charge is -2.22. The molecule has 0 radical (unpaired) electrons. The number of rotatable bonds is 8. The normalized spacial score (nSPS) is 10.3. The predicted molar refractivity (Wildman–Crippen MR) is 120 cm³/mol. The van der Waals surface area contributed by atoms with Gasteiger partial charge >= 0.3 is 0 Å². The smallest absolute Gasteiger partial charge is 0.254 e. The lowest BCUT2D eigenvalue weighted by atomic mass is 10.1. The molecule has 0 atom stereocenters. The molecular formula is C25H24FN3O3. The molecule has 3 aromatic rings. The molecule has 32 heavy (non-hydrogen) atoms. The van der Waals surface area contributed by atoms with Gasteiger partial charge in [-0.15, -0.1) is 0 Å². The number of hydrogen-bond acceptors (Lipinski definition) is 3. The van der Waals surface area contributed by atoms with Crippen molar-refractivity contribution < 1.29 is 18.8 Å². The van der Waals surface area contributed by atoms with E-state index in [2.05, 4.69) is 10.6 Å². The quantitative estimate of drug-likeness (QED) is 0.571. The van der Waals surface area contributed by atoms with Crippen LogP contribution in [0, 0.1) is 12.7 Å². The van der Waals surface area contributed by atoms with E-state index in [4.69, 9.17) is 0 Å². The van der Waals surface area contributed by atoms with Gasteiger partial charge in [0.2, 0.25) is 11.8 Å². The summed E-state index contributed by atoms with van der Waals surface area (Å²) in [5.41, 5.74) is 2.81. The van der Waals surface area contributed by atoms with Crippen molar-refractivity contribution in [3.8, 4) is 0 Å². The second-order valence-electron chi connectivity index (χ2n) is 7.34. The SMILES string of the molecule is Cc1ccc(NC(=O)CNC(=O)CN(Cc2ccc(F)cc2)C(=O)c2ccccc2)cc1. The Bertz CT molecular complexity index is 1070. The number of nitrogens with one attached hydrogen (secondary N) is 2. The lowest BCUT2D eigenvalue weighted by molar-refractivity contribution is -0.124. The zero-order valence-electron chi connectivity index (χ0n) is 17.7. The molecule has 0 aromatic heterocycles. The van der Waals surface area contributed by atoms with E-state index in [0.717, 1.165) is 5.56 Å². The van der Waals surface area contributed by atoms with Crippen molar-refractivity contribution in [3.63, 3.8) is 0 Å². The van der Waals surface area contributed by atoms with Crippen molar-refractivity contribution >= 4 is 23.4 Å². The predicted octanol–water partition coefficient (Wildman–Crippen LogP) is 3.53. The van der Waals surface area contributed by atoms with Gasteiger partial charge in [-0.05, 0) is 48.9 Å². The molecule has 3 aromatic carbocycles. The second kappa shape index (κ2) is 10.9. The first-order valence-electron chi connectivity index (χ1n) is 10.1. The second-order valence-corrected chi connectivity index (χ2v) is 7.34. The molecule has 6 nitrogen and oxygen atoms in total. The number of aryl methyl sites for hydroxylation is 1. The van der Waals surface area contributed by atoms with Gasteiger partial charge in [-0.1, -0.05) is 48.0 Å². The standard InChI is InChI=1S/C25H24FN3O3/c1-18-7-13-22(14-8-18)28-23(30)15-27-24(31)17-29(16-19-9-11-21(26)12-10-19)25(32)20-5-3-2-4-6-20/h2-14H,15-17H2,1H3,(H,27,31)(H,28,30). The van der Waals surface area contributed by atoms with Gasteiger partial charge in [0, 0.05) is 17.8 Å². The molecule has 0 saturated carbocycles. The van der Waals surface area contributed by atoms with Gasteiger partial charge in [0.15, 0.2) is 0 Å². The van der Waals surface area contributed by atoms with Gasteiger partial charge in [0.25, 0.3) is 5.91 Å². The highest BCUT2D eigenvalue weighted by Crippen LogP contribution is 2.11. The Kier molecular flexibility index (Phi) is 7.70. The molecule has 0 bridgehead atoms. The molecule has 0 aliphatic heterocycles. The summed E-state index contributed by atoms with van der Waals surface area (Å²) in [6.45, 7) is 1.59. The van der Waals surface area contributed by atoms with Crippen LogP contribution >= 0.6 is 0 Å². The van der Waals surface area contributed by atoms with E-state index < -0.39 is 5.91 Å². The van der Waals surface area contributed by atoms with Crippen LogP contribution in [0.1, 0.15) is 21.5 Å². The molecule has 0 aliphatic rings. The first-order valence-corrected chi connectivity index (χ1v) is 10.1. The van der Waals surface area contributed by atoms with Crippen molar-refractivity contribution in [3.05, 3.63) is 101 Å². The minimum absolute atomic E-state index is 0.122. The first-order chi connectivity index (χ1) is 15.4. The molecule has 0 heterocycles. The molecule has 3 amide bonds. The highest BCUT2D eigenvalue weighted by Gasteiger charge is 2.19. The van der Waals surface area contributed by atoms with Crippen LogP contribution < -0.4 is 10.6 Å². The molecule has 0 saturated heterocycles. The summed E-state index contributed by atoms with van der Waals surface area (Å²) < 4.78 is 13.2. The monoisotopic (exact) mass is 433 g/mol. The van der Waals surface area contributed by atoms with E-state index >= 15 is 0 Å². The lowest BCUT2D eigenvalue weighted by Crippen LogP contribution is -2.42. The Morgan fingerprint density at radius 3 is 2.16 bits per heavy atom. The van der Waals surface area contributed by atoms with Gasteiger partial charge in [0.1, 0.15) is 12.4 Å². The number of halogens is 1. The van der Waals surface area contributed by atoms with Crippen molar-refractivity contribution in [2.45, 2.75) is 13.5 Å². The summed E-state index contributed by atoms with van der Waals surface area (Å²) in [5, 5.41) is 5.24. The number of carbonyl (C=O) groups is 3. The fourth-order valence-electron chi connectivity index (χ4n) is 3.02. The number of amides is 3. The molecule has 0 fully saturated rings. The number of carbonyl (C=O) groups excluding carboxylic acids is 3. The molecule has 0 spiro atoms. The number of benzene rings is 3. The van der Waals surface area contributed by atoms with Crippen molar-refractivity contribution in [2.75, 3.05) is 18.4 Å². The fraction of sp³-hybridized carbons (Fsp3) is 0.160. The van der Waals surface area contributed by atoms with Crippen LogP contribution in [-0.4, -0.2) is 35.7 Å². The maximum atomic E-state index is 13.2. The van der Waals surface area contributed by atoms with Gasteiger partial charge in [-0.3, -0.25) is 14.4 Å². The third-order valence-electron chi connectivity index (χ3n) is 4.71. The summed E-state index contributed by atoms with van der Waals surface area (Å²) in [7, 11) is 0. The summed E-state index contributed by atoms with van der Waals surface area (Å²) >= 11 is 0. The van der Waals surface area contributed by atoms with Crippen molar-refractivity contribution in [2.24, 2.45) is 0 Å². The number of anilines is 1. The largest absolute Gasteiger partial charge is 0.345 e. The minimum atomic E-state index is -0.476. The van der Waals surface area contributed by atoms with E-state index in [1.807, 2.05) is 19.1 Å². The summed E-state index contributed by atoms with van der Waals surface area (Å²) in [6.07, 6.45) is 0. The molecular weight excluding hydrogens is 409 g/mol. The minimum Gasteiger partial charge on any atom is -0.345 e. The topological polar surface area (TPSA) is 78.5 Å². The summed E-state index contributed by atoms with van der Waals surface area (Å²) in [4.78, 5) is 38.9. The van der Waals surface area contributed by atoms with E-state index in [0.29, 0.717) is 16.8 Å². The van der Waals surface area contributed by atoms with Crippen LogP contribution in [-0.2, 0) is 16.1 Å². The zero-order chi connectivity index (χ0) is 22.9. The Morgan fingerprint density at radius 1 is 0.844 bits per heavy atom.